The zero-order valence-electron chi connectivity index (χ0n) is 20.8. The van der Waals surface area contributed by atoms with E-state index in [0.29, 0.717) is 31.9 Å². The van der Waals surface area contributed by atoms with E-state index in [1.165, 1.54) is 0 Å². The standard InChI is InChI=1S/C28H37N5O2/c1-3-5-16-33(17-6-4-2)28(35)32-25(27(34)31-20-21-14-15-26(29)30-19-21)18-23-12-9-11-22-10-7-8-13-24(22)23/h7-15,19,25H,3-6,16-18,20H2,1-2H3,(H2,29,30)(H,31,34)(H,32,35). The highest BCUT2D eigenvalue weighted by molar-refractivity contribution is 5.90. The number of aromatic nitrogens is 1. The Kier molecular flexibility index (Phi) is 9.90. The second kappa shape index (κ2) is 13.3. The number of carbonyl (C=O) groups excluding carboxylic acids is 2. The molecule has 0 bridgehead atoms. The Labute approximate surface area is 208 Å². The van der Waals surface area contributed by atoms with E-state index in [-0.39, 0.29) is 11.9 Å². The van der Waals surface area contributed by atoms with Crippen molar-refractivity contribution in [2.45, 2.75) is 58.5 Å². The molecule has 7 heteroatoms. The molecule has 0 aliphatic rings. The van der Waals surface area contributed by atoms with Crippen molar-refractivity contribution in [1.82, 2.24) is 20.5 Å². The average molecular weight is 476 g/mol. The van der Waals surface area contributed by atoms with E-state index >= 15 is 0 Å². The van der Waals surface area contributed by atoms with Crippen LogP contribution in [0.4, 0.5) is 10.6 Å². The van der Waals surface area contributed by atoms with E-state index in [4.69, 9.17) is 5.73 Å². The van der Waals surface area contributed by atoms with Gasteiger partial charge in [-0.2, -0.15) is 0 Å². The zero-order valence-corrected chi connectivity index (χ0v) is 20.8. The second-order valence-corrected chi connectivity index (χ2v) is 8.85. The molecule has 7 nitrogen and oxygen atoms in total. The number of fused-ring (bicyclic) bond motifs is 1. The third-order valence-electron chi connectivity index (χ3n) is 6.08. The number of benzene rings is 2. The summed E-state index contributed by atoms with van der Waals surface area (Å²) in [6.07, 6.45) is 5.92. The van der Waals surface area contributed by atoms with Crippen LogP contribution in [0.3, 0.4) is 0 Å². The zero-order chi connectivity index (χ0) is 25.0. The number of urea groups is 1. The van der Waals surface area contributed by atoms with E-state index in [9.17, 15) is 9.59 Å². The summed E-state index contributed by atoms with van der Waals surface area (Å²) < 4.78 is 0. The van der Waals surface area contributed by atoms with Crippen molar-refractivity contribution < 1.29 is 9.59 Å². The van der Waals surface area contributed by atoms with Gasteiger partial charge in [-0.15, -0.1) is 0 Å². The van der Waals surface area contributed by atoms with E-state index in [2.05, 4.69) is 47.7 Å². The number of nitrogens with zero attached hydrogens (tertiary/aromatic N) is 2. The number of anilines is 1. The number of hydrogen-bond acceptors (Lipinski definition) is 4. The average Bonchev–Trinajstić information content (AvgIpc) is 2.88. The fourth-order valence-corrected chi connectivity index (χ4v) is 4.01. The van der Waals surface area contributed by atoms with Gasteiger partial charge in [-0.05, 0) is 40.8 Å². The van der Waals surface area contributed by atoms with Crippen molar-refractivity contribution in [3.63, 3.8) is 0 Å². The molecule has 0 aliphatic carbocycles. The van der Waals surface area contributed by atoms with Crippen LogP contribution in [-0.4, -0.2) is 41.0 Å². The number of nitrogen functional groups attached to an aromatic ring is 1. The lowest BCUT2D eigenvalue weighted by Crippen LogP contribution is -2.52. The maximum Gasteiger partial charge on any atom is 0.318 e. The first-order valence-corrected chi connectivity index (χ1v) is 12.5. The number of pyridine rings is 1. The van der Waals surface area contributed by atoms with Crippen LogP contribution in [0.1, 0.15) is 50.7 Å². The minimum atomic E-state index is -0.708. The Hall–Kier alpha value is -3.61. The van der Waals surface area contributed by atoms with Gasteiger partial charge in [0.05, 0.1) is 0 Å². The number of rotatable bonds is 12. The number of unbranched alkanes of at least 4 members (excludes halogenated alkanes) is 2. The molecule has 0 fully saturated rings. The smallest absolute Gasteiger partial charge is 0.318 e. The SMILES string of the molecule is CCCCN(CCCC)C(=O)NC(Cc1cccc2ccccc12)C(=O)NCc1ccc(N)nc1. The third kappa shape index (κ3) is 7.70. The van der Waals surface area contributed by atoms with Crippen LogP contribution in [0.5, 0.6) is 0 Å². The topological polar surface area (TPSA) is 100 Å². The minimum Gasteiger partial charge on any atom is -0.384 e. The molecule has 1 heterocycles. The van der Waals surface area contributed by atoms with Crippen molar-refractivity contribution in [3.8, 4) is 0 Å². The molecule has 0 saturated carbocycles. The number of nitrogens with two attached hydrogens (primary N) is 1. The van der Waals surface area contributed by atoms with Gasteiger partial charge in [-0.1, -0.05) is 75.2 Å². The first kappa shape index (κ1) is 26.0. The largest absolute Gasteiger partial charge is 0.384 e. The number of hydrogen-bond donors (Lipinski definition) is 3. The summed E-state index contributed by atoms with van der Waals surface area (Å²) in [6.45, 7) is 5.89. The van der Waals surface area contributed by atoms with Gasteiger partial charge in [0.15, 0.2) is 0 Å². The van der Waals surface area contributed by atoms with E-state index in [0.717, 1.165) is 47.6 Å². The molecule has 0 aliphatic heterocycles. The molecule has 0 saturated heterocycles. The second-order valence-electron chi connectivity index (χ2n) is 8.85. The number of nitrogens with one attached hydrogen (secondary N) is 2. The lowest BCUT2D eigenvalue weighted by atomic mass is 9.98. The molecule has 1 atom stereocenters. The lowest BCUT2D eigenvalue weighted by molar-refractivity contribution is -0.123. The van der Waals surface area contributed by atoms with Gasteiger partial charge in [0, 0.05) is 32.3 Å². The van der Waals surface area contributed by atoms with Crippen LogP contribution in [0.2, 0.25) is 0 Å². The summed E-state index contributed by atoms with van der Waals surface area (Å²) in [7, 11) is 0. The number of amides is 3. The molecular weight excluding hydrogens is 438 g/mol. The fourth-order valence-electron chi connectivity index (χ4n) is 4.01. The Morgan fingerprint density at radius 2 is 1.69 bits per heavy atom. The van der Waals surface area contributed by atoms with Crippen LogP contribution >= 0.6 is 0 Å². The van der Waals surface area contributed by atoms with Gasteiger partial charge in [-0.3, -0.25) is 4.79 Å². The van der Waals surface area contributed by atoms with Gasteiger partial charge in [0.25, 0.3) is 0 Å². The molecule has 186 valence electrons. The predicted octanol–water partition coefficient (Wildman–Crippen LogP) is 4.66. The fraction of sp³-hybridized carbons (Fsp3) is 0.393. The van der Waals surface area contributed by atoms with Gasteiger partial charge in [0.1, 0.15) is 11.9 Å². The quantitative estimate of drug-likeness (QED) is 0.355. The Bertz CT molecular complexity index is 1090. The van der Waals surface area contributed by atoms with E-state index < -0.39 is 6.04 Å². The van der Waals surface area contributed by atoms with Crippen LogP contribution in [0, 0.1) is 0 Å². The molecule has 1 aromatic heterocycles. The van der Waals surface area contributed by atoms with Gasteiger partial charge in [-0.25, -0.2) is 9.78 Å². The van der Waals surface area contributed by atoms with Crippen molar-refractivity contribution in [3.05, 3.63) is 71.9 Å². The monoisotopic (exact) mass is 475 g/mol. The van der Waals surface area contributed by atoms with Crippen molar-refractivity contribution in [2.24, 2.45) is 0 Å². The first-order valence-electron chi connectivity index (χ1n) is 12.5. The molecule has 1 unspecified atom stereocenters. The summed E-state index contributed by atoms with van der Waals surface area (Å²) in [5.74, 6) is 0.203. The molecular formula is C28H37N5O2. The van der Waals surface area contributed by atoms with Crippen molar-refractivity contribution in [1.29, 1.82) is 0 Å². The summed E-state index contributed by atoms with van der Waals surface area (Å²) in [6, 6.07) is 16.8. The van der Waals surface area contributed by atoms with Gasteiger partial charge < -0.3 is 21.3 Å². The van der Waals surface area contributed by atoms with Gasteiger partial charge in [0.2, 0.25) is 5.91 Å². The third-order valence-corrected chi connectivity index (χ3v) is 6.08. The highest BCUT2D eigenvalue weighted by Crippen LogP contribution is 2.20. The summed E-state index contributed by atoms with van der Waals surface area (Å²) in [5, 5.41) is 8.19. The van der Waals surface area contributed by atoms with E-state index in [1.54, 1.807) is 12.3 Å². The highest BCUT2D eigenvalue weighted by atomic mass is 16.2. The van der Waals surface area contributed by atoms with Crippen LogP contribution in [0.25, 0.3) is 10.8 Å². The summed E-state index contributed by atoms with van der Waals surface area (Å²) in [5.41, 5.74) is 7.53. The maximum atomic E-state index is 13.3. The predicted molar refractivity (Wildman–Crippen MR) is 142 cm³/mol. The molecule has 3 amide bonds. The van der Waals surface area contributed by atoms with Gasteiger partial charge >= 0.3 is 6.03 Å². The maximum absolute atomic E-state index is 13.3. The Morgan fingerprint density at radius 1 is 0.971 bits per heavy atom. The Morgan fingerprint density at radius 3 is 2.37 bits per heavy atom. The molecule has 0 radical (unpaired) electrons. The number of carbonyl (C=O) groups is 2. The molecule has 2 aromatic carbocycles. The van der Waals surface area contributed by atoms with E-state index in [1.807, 2.05) is 35.2 Å². The minimum absolute atomic E-state index is 0.193. The highest BCUT2D eigenvalue weighted by Gasteiger charge is 2.24. The van der Waals surface area contributed by atoms with Crippen LogP contribution in [-0.2, 0) is 17.8 Å². The van der Waals surface area contributed by atoms with Crippen LogP contribution in [0.15, 0.2) is 60.8 Å². The lowest BCUT2D eigenvalue weighted by Gasteiger charge is -2.26. The first-order chi connectivity index (χ1) is 17.0. The summed E-state index contributed by atoms with van der Waals surface area (Å²) >= 11 is 0. The normalized spacial score (nSPS) is 11.7. The molecule has 35 heavy (non-hydrogen) atoms. The summed E-state index contributed by atoms with van der Waals surface area (Å²) in [4.78, 5) is 32.5. The molecule has 3 rings (SSSR count). The molecule has 0 spiro atoms. The molecule has 3 aromatic rings. The van der Waals surface area contributed by atoms with Crippen LogP contribution < -0.4 is 16.4 Å². The Balaban J connectivity index is 1.79. The molecule has 4 N–H and O–H groups in total. The van der Waals surface area contributed by atoms with Crippen molar-refractivity contribution in [2.75, 3.05) is 18.8 Å². The van der Waals surface area contributed by atoms with Crippen molar-refractivity contribution >= 4 is 28.5 Å².